The molecule has 1 unspecified atom stereocenters. The Hall–Kier alpha value is -0.0562. The molecule has 0 aliphatic rings. The number of carbonyl (C=O) groups is 1. The van der Waals surface area contributed by atoms with Crippen LogP contribution in [-0.2, 0) is 23.1 Å². The van der Waals surface area contributed by atoms with E-state index in [0.29, 0.717) is 29.0 Å². The molecule has 0 saturated heterocycles. The lowest BCUT2D eigenvalue weighted by atomic mass is 9.70. The first-order valence-corrected chi connectivity index (χ1v) is 19.7. The van der Waals surface area contributed by atoms with Crippen molar-refractivity contribution in [1.29, 1.82) is 0 Å². The number of hydrogen-bond donors (Lipinski definition) is 0. The molecule has 0 aromatic heterocycles. The third kappa shape index (κ3) is 10.1. The number of carbonyl (C=O) groups excluding carboxylic acids is 1. The van der Waals surface area contributed by atoms with Crippen molar-refractivity contribution < 1.29 is 23.1 Å². The van der Waals surface area contributed by atoms with Gasteiger partial charge in [0, 0.05) is 32.7 Å². The van der Waals surface area contributed by atoms with Crippen molar-refractivity contribution in [3.8, 4) is 0 Å². The molecule has 5 nitrogen and oxygen atoms in total. The summed E-state index contributed by atoms with van der Waals surface area (Å²) in [5.41, 5.74) is 0.725. The Kier molecular flexibility index (Phi) is 15.6. The molecule has 222 valence electrons. The van der Waals surface area contributed by atoms with E-state index < -0.39 is 23.0 Å². The Bertz CT molecular complexity index is 625. The van der Waals surface area contributed by atoms with Gasteiger partial charge in [0.1, 0.15) is 11.9 Å². The van der Waals surface area contributed by atoms with Crippen molar-refractivity contribution in [2.24, 2.45) is 17.3 Å². The molecule has 37 heavy (non-hydrogen) atoms. The lowest BCUT2D eigenvalue weighted by Crippen LogP contribution is -2.52. The maximum atomic E-state index is 12.1. The summed E-state index contributed by atoms with van der Waals surface area (Å²) in [7, 11) is 0.165. The Balaban J connectivity index is 6.17. The minimum Gasteiger partial charge on any atom is -0.413 e. The smallest absolute Gasteiger partial charge is 0.200 e. The van der Waals surface area contributed by atoms with Crippen LogP contribution in [0.5, 0.6) is 0 Å². The van der Waals surface area contributed by atoms with Crippen molar-refractivity contribution in [3.05, 3.63) is 0 Å². The van der Waals surface area contributed by atoms with Gasteiger partial charge in [0.25, 0.3) is 0 Å². The van der Waals surface area contributed by atoms with E-state index in [1.165, 1.54) is 0 Å². The van der Waals surface area contributed by atoms with Gasteiger partial charge in [-0.3, -0.25) is 0 Å². The van der Waals surface area contributed by atoms with Crippen LogP contribution in [0.1, 0.15) is 102 Å². The Morgan fingerprint density at radius 1 is 0.811 bits per heavy atom. The largest absolute Gasteiger partial charge is 0.413 e. The first-order chi connectivity index (χ1) is 16.9. The van der Waals surface area contributed by atoms with E-state index >= 15 is 0 Å². The van der Waals surface area contributed by atoms with Gasteiger partial charge in [0.2, 0.25) is 8.32 Å². The lowest BCUT2D eigenvalue weighted by Gasteiger charge is -2.47. The van der Waals surface area contributed by atoms with E-state index in [1.807, 2.05) is 14.0 Å². The number of aldehydes is 1. The van der Waals surface area contributed by atoms with Gasteiger partial charge in [-0.2, -0.15) is 0 Å². The van der Waals surface area contributed by atoms with Crippen molar-refractivity contribution in [3.63, 3.8) is 0 Å². The normalized spacial score (nSPS) is 19.2. The molecule has 6 atom stereocenters. The molecule has 0 amide bonds. The second-order valence-electron chi connectivity index (χ2n) is 13.8. The molecule has 0 N–H and O–H groups in total. The van der Waals surface area contributed by atoms with Gasteiger partial charge in [-0.05, 0) is 60.8 Å². The highest BCUT2D eigenvalue weighted by Crippen LogP contribution is 2.45. The summed E-state index contributed by atoms with van der Waals surface area (Å²) < 4.78 is 25.8. The van der Waals surface area contributed by atoms with E-state index in [-0.39, 0.29) is 29.6 Å². The molecule has 0 aromatic rings. The lowest BCUT2D eigenvalue weighted by molar-refractivity contribution is -0.132. The molecule has 0 rings (SSSR count). The average Bonchev–Trinajstić information content (AvgIpc) is 2.76. The minimum absolute atomic E-state index is 0.0296. The summed E-state index contributed by atoms with van der Waals surface area (Å²) in [6.45, 7) is 31.6. The van der Waals surface area contributed by atoms with E-state index in [2.05, 4.69) is 89.3 Å². The van der Waals surface area contributed by atoms with Crippen molar-refractivity contribution >= 4 is 23.6 Å². The summed E-state index contributed by atoms with van der Waals surface area (Å²) >= 11 is 0. The van der Waals surface area contributed by atoms with Crippen LogP contribution in [-0.4, -0.2) is 61.8 Å². The fourth-order valence-corrected chi connectivity index (χ4v) is 13.9. The SMILES string of the molecule is CCC(O[Si](C(C)C)(C(C)C)C(C)C)[C@H](C)C[C@H](OC)[C@H]([C@H](C[C@](C)(C=O)O[SiH](C)C)OC)C(C)(C)C. The average molecular weight is 561 g/mol. The molecule has 0 saturated carbocycles. The van der Waals surface area contributed by atoms with Crippen LogP contribution >= 0.6 is 0 Å². The molecular weight excluding hydrogens is 496 g/mol. The third-order valence-corrected chi connectivity index (χ3v) is 15.6. The fraction of sp³-hybridized carbons (Fsp3) is 0.967. The zero-order chi connectivity index (χ0) is 29.4. The van der Waals surface area contributed by atoms with Crippen LogP contribution in [0.2, 0.25) is 29.7 Å². The van der Waals surface area contributed by atoms with E-state index in [9.17, 15) is 4.79 Å². The molecule has 0 spiro atoms. The van der Waals surface area contributed by atoms with Crippen LogP contribution in [0.3, 0.4) is 0 Å². The first-order valence-electron chi connectivity index (χ1n) is 14.7. The molecule has 0 aromatic carbocycles. The maximum Gasteiger partial charge on any atom is 0.200 e. The topological polar surface area (TPSA) is 54.0 Å². The highest BCUT2D eigenvalue weighted by atomic mass is 28.4. The van der Waals surface area contributed by atoms with Gasteiger partial charge in [-0.25, -0.2) is 0 Å². The molecule has 0 aliphatic carbocycles. The summed E-state index contributed by atoms with van der Waals surface area (Å²) in [5.74, 6) is 0.415. The Morgan fingerprint density at radius 2 is 1.27 bits per heavy atom. The summed E-state index contributed by atoms with van der Waals surface area (Å²) in [5, 5.41) is 0. The second kappa shape index (κ2) is 15.7. The van der Waals surface area contributed by atoms with Crippen LogP contribution in [0, 0.1) is 17.3 Å². The fourth-order valence-electron chi connectivity index (χ4n) is 6.95. The molecule has 0 aliphatic heterocycles. The molecule has 0 fully saturated rings. The minimum atomic E-state index is -2.00. The van der Waals surface area contributed by atoms with Crippen LogP contribution in [0.15, 0.2) is 0 Å². The van der Waals surface area contributed by atoms with E-state index in [0.717, 1.165) is 19.1 Å². The van der Waals surface area contributed by atoms with Gasteiger partial charge < -0.3 is 23.1 Å². The van der Waals surface area contributed by atoms with Crippen LogP contribution in [0.25, 0.3) is 0 Å². The molecule has 0 bridgehead atoms. The molecule has 7 heteroatoms. The third-order valence-electron chi connectivity index (χ3n) is 8.47. The number of ether oxygens (including phenoxy) is 2. The number of rotatable bonds is 18. The number of hydrogen-bond acceptors (Lipinski definition) is 5. The quantitative estimate of drug-likeness (QED) is 0.125. The first kappa shape index (κ1) is 36.9. The molecule has 0 heterocycles. The van der Waals surface area contributed by atoms with Crippen LogP contribution in [0.4, 0.5) is 0 Å². The number of methoxy groups -OCH3 is 2. The highest BCUT2D eigenvalue weighted by molar-refractivity contribution is 6.77. The van der Waals surface area contributed by atoms with E-state index in [1.54, 1.807) is 7.11 Å². The Morgan fingerprint density at radius 3 is 1.57 bits per heavy atom. The standard InChI is InChI=1S/C30H64O5Si2/c1-17-25(34-37(21(2)3,22(4)5)23(6)7)24(8)18-26(32-13)28(29(9,10)11)27(33-14)19-30(12,20-31)35-36(15)16/h20-28,36H,17-19H2,1-16H3/t24-,25?,26+,27+,28-,30-/m1/s1. The summed E-state index contributed by atoms with van der Waals surface area (Å²) in [6, 6.07) is 0. The summed E-state index contributed by atoms with van der Waals surface area (Å²) in [4.78, 5) is 12.1. The summed E-state index contributed by atoms with van der Waals surface area (Å²) in [6.07, 6.45) is 3.34. The van der Waals surface area contributed by atoms with Crippen LogP contribution < -0.4 is 0 Å². The van der Waals surface area contributed by atoms with Gasteiger partial charge in [-0.15, -0.1) is 0 Å². The van der Waals surface area contributed by atoms with Crippen molar-refractivity contribution in [2.75, 3.05) is 14.2 Å². The second-order valence-corrected chi connectivity index (χ2v) is 21.6. The highest BCUT2D eigenvalue weighted by Gasteiger charge is 2.48. The predicted molar refractivity (Wildman–Crippen MR) is 164 cm³/mol. The zero-order valence-electron chi connectivity index (χ0n) is 27.4. The van der Waals surface area contributed by atoms with Gasteiger partial charge in [0.05, 0.1) is 12.2 Å². The van der Waals surface area contributed by atoms with Crippen molar-refractivity contribution in [2.45, 2.75) is 156 Å². The zero-order valence-corrected chi connectivity index (χ0v) is 29.6. The molecular formula is C30H64O5Si2. The van der Waals surface area contributed by atoms with Gasteiger partial charge in [0.15, 0.2) is 9.04 Å². The van der Waals surface area contributed by atoms with Crippen molar-refractivity contribution in [1.82, 2.24) is 0 Å². The maximum absolute atomic E-state index is 12.1. The van der Waals surface area contributed by atoms with Gasteiger partial charge in [-0.1, -0.05) is 76.2 Å². The van der Waals surface area contributed by atoms with Gasteiger partial charge >= 0.3 is 0 Å². The van der Waals surface area contributed by atoms with E-state index in [4.69, 9.17) is 18.3 Å². The Labute approximate surface area is 234 Å². The predicted octanol–water partition coefficient (Wildman–Crippen LogP) is 8.02. The molecule has 0 radical (unpaired) electrons. The monoisotopic (exact) mass is 560 g/mol.